The van der Waals surface area contributed by atoms with Gasteiger partial charge in [0.05, 0.1) is 5.38 Å². The Bertz CT molecular complexity index is 331. The van der Waals surface area contributed by atoms with E-state index in [1.165, 1.54) is 11.3 Å². The molecule has 0 aliphatic heterocycles. The van der Waals surface area contributed by atoms with Crippen LogP contribution in [0.1, 0.15) is 23.1 Å². The van der Waals surface area contributed by atoms with E-state index in [-0.39, 0.29) is 24.1 Å². The van der Waals surface area contributed by atoms with E-state index in [0.717, 1.165) is 9.35 Å². The molecule has 1 aliphatic carbocycles. The van der Waals surface area contributed by atoms with E-state index >= 15 is 0 Å². The van der Waals surface area contributed by atoms with Crippen LogP contribution in [-0.2, 0) is 0 Å². The standard InChI is InChI=1S/C9H8BrClF2S/c10-6-1-2-14-8(6)7(11)5-3-9(12,13)4-5/h1-2,5,7H,3-4H2. The molecular weight excluding hydrogens is 294 g/mol. The number of alkyl halides is 3. The van der Waals surface area contributed by atoms with Crippen molar-refractivity contribution >= 4 is 38.9 Å². The molecule has 0 radical (unpaired) electrons. The summed E-state index contributed by atoms with van der Waals surface area (Å²) in [5.74, 6) is -2.57. The fourth-order valence-electron chi connectivity index (χ4n) is 1.63. The highest BCUT2D eigenvalue weighted by Gasteiger charge is 2.48. The van der Waals surface area contributed by atoms with Gasteiger partial charge in [0.2, 0.25) is 5.92 Å². The Labute approximate surface area is 98.4 Å². The summed E-state index contributed by atoms with van der Waals surface area (Å²) in [7, 11) is 0. The lowest BCUT2D eigenvalue weighted by molar-refractivity contribution is -0.111. The van der Waals surface area contributed by atoms with E-state index in [2.05, 4.69) is 15.9 Å². The highest BCUT2D eigenvalue weighted by Crippen LogP contribution is 2.52. The van der Waals surface area contributed by atoms with Crippen LogP contribution >= 0.6 is 38.9 Å². The molecule has 14 heavy (non-hydrogen) atoms. The van der Waals surface area contributed by atoms with Crippen LogP contribution in [0.15, 0.2) is 15.9 Å². The summed E-state index contributed by atoms with van der Waals surface area (Å²) < 4.78 is 26.2. The van der Waals surface area contributed by atoms with Gasteiger partial charge >= 0.3 is 0 Å². The van der Waals surface area contributed by atoms with Crippen LogP contribution in [0.3, 0.4) is 0 Å². The molecule has 5 heteroatoms. The molecule has 1 heterocycles. The molecule has 2 rings (SSSR count). The monoisotopic (exact) mass is 300 g/mol. The molecular formula is C9H8BrClF2S. The minimum absolute atomic E-state index is 0.0779. The van der Waals surface area contributed by atoms with Gasteiger partial charge in [-0.1, -0.05) is 0 Å². The summed E-state index contributed by atoms with van der Waals surface area (Å²) in [5, 5.41) is 1.63. The second kappa shape index (κ2) is 3.72. The minimum Gasteiger partial charge on any atom is -0.207 e. The van der Waals surface area contributed by atoms with Gasteiger partial charge in [-0.3, -0.25) is 0 Å². The fourth-order valence-corrected chi connectivity index (χ4v) is 3.90. The van der Waals surface area contributed by atoms with E-state index in [1.807, 2.05) is 11.4 Å². The second-order valence-corrected chi connectivity index (χ2v) is 5.83. The molecule has 1 aromatic heterocycles. The first-order valence-corrected chi connectivity index (χ1v) is 6.35. The molecule has 0 nitrogen and oxygen atoms in total. The van der Waals surface area contributed by atoms with Gasteiger partial charge in [-0.25, -0.2) is 8.78 Å². The predicted molar refractivity (Wildman–Crippen MR) is 58.3 cm³/mol. The first-order valence-electron chi connectivity index (χ1n) is 4.24. The third kappa shape index (κ3) is 1.97. The maximum absolute atomic E-state index is 12.6. The van der Waals surface area contributed by atoms with Gasteiger partial charge in [-0.2, -0.15) is 0 Å². The van der Waals surface area contributed by atoms with Crippen molar-refractivity contribution in [2.45, 2.75) is 24.1 Å². The molecule has 1 aliphatic rings. The molecule has 1 fully saturated rings. The van der Waals surface area contributed by atoms with Crippen molar-refractivity contribution in [2.75, 3.05) is 0 Å². The Kier molecular flexibility index (Phi) is 2.88. The second-order valence-electron chi connectivity index (χ2n) is 3.56. The van der Waals surface area contributed by atoms with Crippen LogP contribution < -0.4 is 0 Å². The Morgan fingerprint density at radius 2 is 2.21 bits per heavy atom. The van der Waals surface area contributed by atoms with Crippen LogP contribution in [0.4, 0.5) is 8.78 Å². The average molecular weight is 302 g/mol. The summed E-state index contributed by atoms with van der Waals surface area (Å²) in [6, 6.07) is 1.90. The normalized spacial score (nSPS) is 23.1. The Morgan fingerprint density at radius 1 is 1.57 bits per heavy atom. The number of halogens is 4. The third-order valence-electron chi connectivity index (χ3n) is 2.43. The number of hydrogen-bond donors (Lipinski definition) is 0. The molecule has 1 unspecified atom stereocenters. The largest absolute Gasteiger partial charge is 0.248 e. The molecule has 78 valence electrons. The minimum atomic E-state index is -2.48. The zero-order valence-electron chi connectivity index (χ0n) is 7.14. The smallest absolute Gasteiger partial charge is 0.207 e. The van der Waals surface area contributed by atoms with Crippen LogP contribution in [0.5, 0.6) is 0 Å². The van der Waals surface area contributed by atoms with E-state index in [1.54, 1.807) is 0 Å². The SMILES string of the molecule is FC1(F)CC(C(Cl)c2sccc2Br)C1. The van der Waals surface area contributed by atoms with Gasteiger partial charge < -0.3 is 0 Å². The summed E-state index contributed by atoms with van der Waals surface area (Å²) in [6.07, 6.45) is -0.156. The molecule has 0 N–H and O–H groups in total. The topological polar surface area (TPSA) is 0 Å². The maximum atomic E-state index is 12.6. The lowest BCUT2D eigenvalue weighted by atomic mass is 9.78. The lowest BCUT2D eigenvalue weighted by Gasteiger charge is -2.37. The molecule has 0 saturated heterocycles. The summed E-state index contributed by atoms with van der Waals surface area (Å²) in [5.41, 5.74) is 0. The van der Waals surface area contributed by atoms with Crippen LogP contribution in [0.25, 0.3) is 0 Å². The molecule has 0 spiro atoms. The van der Waals surface area contributed by atoms with Crippen molar-refractivity contribution in [1.29, 1.82) is 0 Å². The van der Waals surface area contributed by atoms with Crippen LogP contribution in [-0.4, -0.2) is 5.92 Å². The van der Waals surface area contributed by atoms with E-state index < -0.39 is 5.92 Å². The highest BCUT2D eigenvalue weighted by atomic mass is 79.9. The van der Waals surface area contributed by atoms with Gasteiger partial charge in [0, 0.05) is 22.2 Å². The zero-order valence-corrected chi connectivity index (χ0v) is 10.3. The van der Waals surface area contributed by atoms with E-state index in [0.29, 0.717) is 0 Å². The Morgan fingerprint density at radius 3 is 2.64 bits per heavy atom. The van der Waals surface area contributed by atoms with Gasteiger partial charge in [-0.15, -0.1) is 22.9 Å². The fraction of sp³-hybridized carbons (Fsp3) is 0.556. The molecule has 0 aromatic carbocycles. The lowest BCUT2D eigenvalue weighted by Crippen LogP contribution is -2.37. The quantitative estimate of drug-likeness (QED) is 0.686. The molecule has 1 atom stereocenters. The first kappa shape index (κ1) is 10.8. The average Bonchev–Trinajstić information content (AvgIpc) is 2.45. The maximum Gasteiger partial charge on any atom is 0.248 e. The first-order chi connectivity index (χ1) is 6.49. The van der Waals surface area contributed by atoms with Gasteiger partial charge in [0.15, 0.2) is 0 Å². The van der Waals surface area contributed by atoms with Crippen LogP contribution in [0, 0.1) is 5.92 Å². The summed E-state index contributed by atoms with van der Waals surface area (Å²) in [6.45, 7) is 0. The highest BCUT2D eigenvalue weighted by molar-refractivity contribution is 9.10. The van der Waals surface area contributed by atoms with Gasteiger partial charge in [0.1, 0.15) is 0 Å². The molecule has 0 bridgehead atoms. The van der Waals surface area contributed by atoms with Crippen molar-refractivity contribution in [3.63, 3.8) is 0 Å². The van der Waals surface area contributed by atoms with Crippen molar-refractivity contribution < 1.29 is 8.78 Å². The number of hydrogen-bond acceptors (Lipinski definition) is 1. The summed E-state index contributed by atoms with van der Waals surface area (Å²) in [4.78, 5) is 0.965. The van der Waals surface area contributed by atoms with Crippen molar-refractivity contribution in [2.24, 2.45) is 5.92 Å². The van der Waals surface area contributed by atoms with Crippen LogP contribution in [0.2, 0.25) is 0 Å². The van der Waals surface area contributed by atoms with Gasteiger partial charge in [0.25, 0.3) is 0 Å². The van der Waals surface area contributed by atoms with Crippen molar-refractivity contribution in [3.8, 4) is 0 Å². The Hall–Kier alpha value is 0.330. The third-order valence-corrected chi connectivity index (χ3v) is 5.09. The number of rotatable bonds is 2. The number of thiophene rings is 1. The molecule has 1 saturated carbocycles. The van der Waals surface area contributed by atoms with Crippen molar-refractivity contribution in [3.05, 3.63) is 20.8 Å². The van der Waals surface area contributed by atoms with Gasteiger partial charge in [-0.05, 0) is 33.3 Å². The van der Waals surface area contributed by atoms with Crippen molar-refractivity contribution in [1.82, 2.24) is 0 Å². The Balaban J connectivity index is 2.04. The summed E-state index contributed by atoms with van der Waals surface area (Å²) >= 11 is 11.0. The van der Waals surface area contributed by atoms with E-state index in [4.69, 9.17) is 11.6 Å². The molecule has 1 aromatic rings. The van der Waals surface area contributed by atoms with E-state index in [9.17, 15) is 8.78 Å². The molecule has 0 amide bonds. The predicted octanol–water partition coefficient (Wildman–Crippen LogP) is 4.84. The zero-order chi connectivity index (χ0) is 10.3.